The second kappa shape index (κ2) is 7.13. The van der Waals surface area contributed by atoms with E-state index in [1.807, 2.05) is 31.3 Å². The maximum Gasteiger partial charge on any atom is 0.271 e. The molecule has 1 N–H and O–H groups in total. The zero-order valence-corrected chi connectivity index (χ0v) is 14.3. The average Bonchev–Trinajstić information content (AvgIpc) is 2.58. The van der Waals surface area contributed by atoms with Gasteiger partial charge in [0.1, 0.15) is 5.69 Å². The molecule has 24 heavy (non-hydrogen) atoms. The van der Waals surface area contributed by atoms with Gasteiger partial charge in [-0.1, -0.05) is 31.9 Å². The van der Waals surface area contributed by atoms with Crippen LogP contribution in [0.3, 0.4) is 0 Å². The quantitative estimate of drug-likeness (QED) is 0.908. The van der Waals surface area contributed by atoms with Crippen LogP contribution in [-0.4, -0.2) is 51.9 Å². The van der Waals surface area contributed by atoms with Crippen molar-refractivity contribution in [3.63, 3.8) is 0 Å². The molecule has 0 bridgehead atoms. The second-order valence-electron chi connectivity index (χ2n) is 6.42. The van der Waals surface area contributed by atoms with E-state index in [0.717, 1.165) is 36.8 Å². The summed E-state index contributed by atoms with van der Waals surface area (Å²) in [6.07, 6.45) is 2.88. The first-order valence-electron chi connectivity index (χ1n) is 8.57. The van der Waals surface area contributed by atoms with Gasteiger partial charge in [0.05, 0.1) is 17.1 Å². The van der Waals surface area contributed by atoms with Gasteiger partial charge >= 0.3 is 0 Å². The number of piperazine rings is 1. The molecule has 128 valence electrons. The highest BCUT2D eigenvalue weighted by Gasteiger charge is 2.33. The number of amides is 1. The van der Waals surface area contributed by atoms with E-state index in [4.69, 9.17) is 0 Å². The molecule has 2 heterocycles. The lowest BCUT2D eigenvalue weighted by Crippen LogP contribution is -2.55. The zero-order valence-electron chi connectivity index (χ0n) is 14.3. The van der Waals surface area contributed by atoms with Crippen molar-refractivity contribution in [2.75, 3.05) is 20.1 Å². The standard InChI is InChI=1S/C18H24N4O2/c1-3-4-9-16-18(24)21(2)10-11-22(16)12-15-17(23)20-14-8-6-5-7-13(14)19-15/h5-8,16H,3-4,9-12H2,1-2H3,(H,20,23)/t16-/m0/s1. The van der Waals surface area contributed by atoms with Gasteiger partial charge in [0.25, 0.3) is 5.56 Å². The van der Waals surface area contributed by atoms with E-state index in [-0.39, 0.29) is 17.5 Å². The third kappa shape index (κ3) is 3.33. The molecule has 3 rings (SSSR count). The maximum absolute atomic E-state index is 12.5. The first kappa shape index (κ1) is 16.6. The molecular formula is C18H24N4O2. The lowest BCUT2D eigenvalue weighted by atomic mass is 10.0. The summed E-state index contributed by atoms with van der Waals surface area (Å²) in [4.78, 5) is 36.1. The van der Waals surface area contributed by atoms with Gasteiger partial charge in [0.2, 0.25) is 5.91 Å². The highest BCUT2D eigenvalue weighted by molar-refractivity contribution is 5.82. The van der Waals surface area contributed by atoms with Crippen molar-refractivity contribution in [1.29, 1.82) is 0 Å². The van der Waals surface area contributed by atoms with E-state index in [1.165, 1.54) is 0 Å². The van der Waals surface area contributed by atoms with Crippen LogP contribution in [0.1, 0.15) is 31.9 Å². The van der Waals surface area contributed by atoms with Gasteiger partial charge in [-0.25, -0.2) is 4.98 Å². The molecule has 1 aliphatic heterocycles. The van der Waals surface area contributed by atoms with E-state index in [9.17, 15) is 9.59 Å². The first-order chi connectivity index (χ1) is 11.6. The van der Waals surface area contributed by atoms with Crippen LogP contribution in [-0.2, 0) is 11.3 Å². The smallest absolute Gasteiger partial charge is 0.271 e. The molecule has 2 aromatic rings. The number of likely N-dealkylation sites (N-methyl/N-ethyl adjacent to an activating group) is 1. The number of hydrogen-bond donors (Lipinski definition) is 1. The van der Waals surface area contributed by atoms with Crippen molar-refractivity contribution in [2.24, 2.45) is 0 Å². The molecule has 0 spiro atoms. The summed E-state index contributed by atoms with van der Waals surface area (Å²) in [7, 11) is 1.85. The molecule has 0 unspecified atom stereocenters. The molecule has 0 saturated carbocycles. The van der Waals surface area contributed by atoms with Gasteiger partial charge < -0.3 is 9.88 Å². The number of fused-ring (bicyclic) bond motifs is 1. The van der Waals surface area contributed by atoms with Crippen LogP contribution in [0.2, 0.25) is 0 Å². The fourth-order valence-corrected chi connectivity index (χ4v) is 3.21. The Morgan fingerprint density at radius 3 is 2.83 bits per heavy atom. The first-order valence-corrected chi connectivity index (χ1v) is 8.57. The number of aromatic nitrogens is 2. The molecule has 0 aliphatic carbocycles. The van der Waals surface area contributed by atoms with Crippen LogP contribution in [0.15, 0.2) is 29.1 Å². The minimum atomic E-state index is -0.172. The minimum Gasteiger partial charge on any atom is -0.343 e. The highest BCUT2D eigenvalue weighted by Crippen LogP contribution is 2.18. The number of nitrogens with one attached hydrogen (secondary N) is 1. The van der Waals surface area contributed by atoms with Gasteiger partial charge in [-0.3, -0.25) is 14.5 Å². The van der Waals surface area contributed by atoms with E-state index in [1.54, 1.807) is 4.90 Å². The largest absolute Gasteiger partial charge is 0.343 e. The number of carbonyl (C=O) groups is 1. The molecule has 1 saturated heterocycles. The SMILES string of the molecule is CCCC[C@H]1C(=O)N(C)CCN1Cc1nc2ccccc2[nH]c1=O. The van der Waals surface area contributed by atoms with Gasteiger partial charge in [-0.2, -0.15) is 0 Å². The molecule has 6 nitrogen and oxygen atoms in total. The van der Waals surface area contributed by atoms with Gasteiger partial charge in [-0.05, 0) is 18.6 Å². The van der Waals surface area contributed by atoms with E-state index < -0.39 is 0 Å². The van der Waals surface area contributed by atoms with Gasteiger partial charge in [0, 0.05) is 26.7 Å². The summed E-state index contributed by atoms with van der Waals surface area (Å²) in [5, 5.41) is 0. The van der Waals surface area contributed by atoms with Crippen LogP contribution >= 0.6 is 0 Å². The number of nitrogens with zero attached hydrogens (tertiary/aromatic N) is 3. The second-order valence-corrected chi connectivity index (χ2v) is 6.42. The average molecular weight is 328 g/mol. The zero-order chi connectivity index (χ0) is 17.1. The fourth-order valence-electron chi connectivity index (χ4n) is 3.21. The molecule has 1 aromatic carbocycles. The van der Waals surface area contributed by atoms with Crippen LogP contribution in [0.4, 0.5) is 0 Å². The maximum atomic E-state index is 12.5. The summed E-state index contributed by atoms with van der Waals surface area (Å²) >= 11 is 0. The number of unbranched alkanes of at least 4 members (excludes halogenated alkanes) is 1. The van der Waals surface area contributed by atoms with Crippen LogP contribution in [0.5, 0.6) is 0 Å². The van der Waals surface area contributed by atoms with Crippen LogP contribution in [0.25, 0.3) is 11.0 Å². The normalized spacial score (nSPS) is 19.2. The molecule has 6 heteroatoms. The summed E-state index contributed by atoms with van der Waals surface area (Å²) in [6.45, 7) is 3.99. The lowest BCUT2D eigenvalue weighted by molar-refractivity contribution is -0.140. The Morgan fingerprint density at radius 1 is 1.25 bits per heavy atom. The Kier molecular flexibility index (Phi) is 4.94. The third-order valence-corrected chi connectivity index (χ3v) is 4.68. The summed E-state index contributed by atoms with van der Waals surface area (Å²) in [5.41, 5.74) is 1.82. The number of H-pyrrole nitrogens is 1. The molecule has 1 fully saturated rings. The summed E-state index contributed by atoms with van der Waals surface area (Å²) in [5.74, 6) is 0.145. The number of carbonyl (C=O) groups excluding carboxylic acids is 1. The van der Waals surface area contributed by atoms with Crippen molar-refractivity contribution in [3.05, 3.63) is 40.3 Å². The van der Waals surface area contributed by atoms with Gasteiger partial charge in [0.15, 0.2) is 0 Å². The number of para-hydroxylation sites is 2. The molecule has 1 atom stereocenters. The summed E-state index contributed by atoms with van der Waals surface area (Å²) < 4.78 is 0. The third-order valence-electron chi connectivity index (χ3n) is 4.68. The Bertz CT molecular complexity index is 786. The van der Waals surface area contributed by atoms with Crippen molar-refractivity contribution >= 4 is 16.9 Å². The minimum absolute atomic E-state index is 0.145. The molecule has 1 aliphatic rings. The Labute approximate surface area is 141 Å². The number of aromatic amines is 1. The van der Waals surface area contributed by atoms with Gasteiger partial charge in [-0.15, -0.1) is 0 Å². The summed E-state index contributed by atoms with van der Waals surface area (Å²) in [6, 6.07) is 7.35. The number of rotatable bonds is 5. The number of benzene rings is 1. The number of hydrogen-bond acceptors (Lipinski definition) is 4. The monoisotopic (exact) mass is 328 g/mol. The Hall–Kier alpha value is -2.21. The Morgan fingerprint density at radius 2 is 2.04 bits per heavy atom. The molecule has 1 aromatic heterocycles. The van der Waals surface area contributed by atoms with E-state index >= 15 is 0 Å². The topological polar surface area (TPSA) is 69.3 Å². The predicted molar refractivity (Wildman–Crippen MR) is 93.7 cm³/mol. The van der Waals surface area contributed by atoms with Crippen molar-refractivity contribution < 1.29 is 4.79 Å². The molecule has 0 radical (unpaired) electrons. The fraction of sp³-hybridized carbons (Fsp3) is 0.500. The predicted octanol–water partition coefficient (Wildman–Crippen LogP) is 1.76. The van der Waals surface area contributed by atoms with Crippen molar-refractivity contribution in [3.8, 4) is 0 Å². The van der Waals surface area contributed by atoms with Crippen molar-refractivity contribution in [2.45, 2.75) is 38.8 Å². The lowest BCUT2D eigenvalue weighted by Gasteiger charge is -2.38. The molecule has 1 amide bonds. The van der Waals surface area contributed by atoms with Crippen LogP contribution in [0, 0.1) is 0 Å². The van der Waals surface area contributed by atoms with Crippen molar-refractivity contribution in [1.82, 2.24) is 19.8 Å². The van der Waals surface area contributed by atoms with E-state index in [0.29, 0.717) is 18.8 Å². The molecular weight excluding hydrogens is 304 g/mol. The highest BCUT2D eigenvalue weighted by atomic mass is 16.2. The van der Waals surface area contributed by atoms with E-state index in [2.05, 4.69) is 21.8 Å². The van der Waals surface area contributed by atoms with Crippen LogP contribution < -0.4 is 5.56 Å². The Balaban J connectivity index is 1.86.